The molecule has 1 saturated heterocycles. The third-order valence-corrected chi connectivity index (χ3v) is 2.42. The third-order valence-electron chi connectivity index (χ3n) is 2.42. The maximum Gasteiger partial charge on any atom is 0.162 e. The van der Waals surface area contributed by atoms with Gasteiger partial charge in [0.25, 0.3) is 0 Å². The molecule has 5 atom stereocenters. The van der Waals surface area contributed by atoms with E-state index in [1.54, 1.807) is 6.92 Å². The molecule has 0 aromatic rings. The maximum atomic E-state index is 9.53. The Balaban J connectivity index is 2.66. The Labute approximate surface area is 76.9 Å². The number of hydrogen-bond donors (Lipinski definition) is 3. The van der Waals surface area contributed by atoms with Crippen LogP contribution in [0.2, 0.25) is 0 Å². The first kappa shape index (κ1) is 10.9. The predicted molar refractivity (Wildman–Crippen MR) is 43.9 cm³/mol. The van der Waals surface area contributed by atoms with Crippen molar-refractivity contribution in [1.29, 1.82) is 0 Å². The van der Waals surface area contributed by atoms with Crippen molar-refractivity contribution < 1.29 is 24.8 Å². The molecule has 13 heavy (non-hydrogen) atoms. The number of rotatable bonds is 2. The van der Waals surface area contributed by atoms with Gasteiger partial charge in [0.15, 0.2) is 6.29 Å². The highest BCUT2D eigenvalue weighted by atomic mass is 16.7. The standard InChI is InChI=1S/C8H16O5/c1-4-6(10)7(11)5(3-9)13-8(4)12-2/h4-11H,3H2,1-2H3/t4-,5-,6-,7+,8?/m1/s1. The van der Waals surface area contributed by atoms with Crippen molar-refractivity contribution >= 4 is 0 Å². The van der Waals surface area contributed by atoms with Gasteiger partial charge in [-0.1, -0.05) is 6.92 Å². The summed E-state index contributed by atoms with van der Waals surface area (Å²) >= 11 is 0. The Bertz CT molecular complexity index is 143. The smallest absolute Gasteiger partial charge is 0.162 e. The molecule has 0 aromatic carbocycles. The molecular weight excluding hydrogens is 176 g/mol. The molecule has 0 amide bonds. The first-order valence-electron chi connectivity index (χ1n) is 4.27. The number of ether oxygens (including phenoxy) is 2. The van der Waals surface area contributed by atoms with Crippen LogP contribution in [0.3, 0.4) is 0 Å². The van der Waals surface area contributed by atoms with E-state index in [9.17, 15) is 10.2 Å². The summed E-state index contributed by atoms with van der Waals surface area (Å²) in [5, 5.41) is 27.8. The molecule has 0 saturated carbocycles. The van der Waals surface area contributed by atoms with Crippen LogP contribution in [-0.4, -0.2) is 53.6 Å². The van der Waals surface area contributed by atoms with Gasteiger partial charge in [0.1, 0.15) is 12.2 Å². The molecule has 0 bridgehead atoms. The summed E-state index contributed by atoms with van der Waals surface area (Å²) in [6.45, 7) is 1.39. The minimum Gasteiger partial charge on any atom is -0.394 e. The largest absolute Gasteiger partial charge is 0.394 e. The number of aliphatic hydroxyl groups excluding tert-OH is 3. The van der Waals surface area contributed by atoms with Crippen molar-refractivity contribution in [2.24, 2.45) is 5.92 Å². The van der Waals surface area contributed by atoms with E-state index in [0.29, 0.717) is 0 Å². The first-order chi connectivity index (χ1) is 6.11. The van der Waals surface area contributed by atoms with Crippen LogP contribution in [0.25, 0.3) is 0 Å². The number of hydrogen-bond acceptors (Lipinski definition) is 5. The van der Waals surface area contributed by atoms with Gasteiger partial charge in [-0.05, 0) is 0 Å². The van der Waals surface area contributed by atoms with Crippen molar-refractivity contribution in [3.63, 3.8) is 0 Å². The van der Waals surface area contributed by atoms with Crippen LogP contribution in [0.1, 0.15) is 6.92 Å². The van der Waals surface area contributed by atoms with Crippen LogP contribution in [0.5, 0.6) is 0 Å². The van der Waals surface area contributed by atoms with Gasteiger partial charge in [0.05, 0.1) is 12.7 Å². The molecule has 0 aromatic heterocycles. The van der Waals surface area contributed by atoms with E-state index in [4.69, 9.17) is 14.6 Å². The fourth-order valence-electron chi connectivity index (χ4n) is 1.49. The average molecular weight is 192 g/mol. The highest BCUT2D eigenvalue weighted by Crippen LogP contribution is 2.25. The number of methoxy groups -OCH3 is 1. The summed E-state index contributed by atoms with van der Waals surface area (Å²) in [5.74, 6) is -0.303. The van der Waals surface area contributed by atoms with Gasteiger partial charge in [-0.2, -0.15) is 0 Å². The van der Waals surface area contributed by atoms with Crippen molar-refractivity contribution in [3.8, 4) is 0 Å². The molecule has 5 heteroatoms. The lowest BCUT2D eigenvalue weighted by Gasteiger charge is -2.40. The molecule has 1 unspecified atom stereocenters. The summed E-state index contributed by atoms with van der Waals surface area (Å²) in [7, 11) is 1.46. The van der Waals surface area contributed by atoms with Crippen molar-refractivity contribution in [1.82, 2.24) is 0 Å². The van der Waals surface area contributed by atoms with E-state index in [2.05, 4.69) is 0 Å². The van der Waals surface area contributed by atoms with Gasteiger partial charge in [-0.15, -0.1) is 0 Å². The monoisotopic (exact) mass is 192 g/mol. The molecule has 1 fully saturated rings. The van der Waals surface area contributed by atoms with Gasteiger partial charge in [-0.25, -0.2) is 0 Å². The fraction of sp³-hybridized carbons (Fsp3) is 1.00. The zero-order valence-corrected chi connectivity index (χ0v) is 7.75. The Morgan fingerprint density at radius 3 is 2.38 bits per heavy atom. The summed E-state index contributed by atoms with van der Waals surface area (Å²) in [5.41, 5.74) is 0. The van der Waals surface area contributed by atoms with Gasteiger partial charge < -0.3 is 24.8 Å². The summed E-state index contributed by atoms with van der Waals surface area (Å²) in [4.78, 5) is 0. The quantitative estimate of drug-likeness (QED) is 0.507. The topological polar surface area (TPSA) is 79.2 Å². The molecule has 1 heterocycles. The zero-order chi connectivity index (χ0) is 10.0. The highest BCUT2D eigenvalue weighted by Gasteiger charge is 2.41. The van der Waals surface area contributed by atoms with E-state index in [1.807, 2.05) is 0 Å². The van der Waals surface area contributed by atoms with Crippen molar-refractivity contribution in [2.45, 2.75) is 31.5 Å². The SMILES string of the molecule is COC1O[C@H](CO)[C@H](O)[C@H](O)[C@H]1C. The molecular formula is C8H16O5. The molecule has 1 rings (SSSR count). The number of aliphatic hydroxyl groups is 3. The molecule has 5 nitrogen and oxygen atoms in total. The second kappa shape index (κ2) is 4.34. The van der Waals surface area contributed by atoms with Gasteiger partial charge in [0.2, 0.25) is 0 Å². The van der Waals surface area contributed by atoms with Crippen LogP contribution in [0.4, 0.5) is 0 Å². The zero-order valence-electron chi connectivity index (χ0n) is 7.75. The molecule has 3 N–H and O–H groups in total. The second-order valence-corrected chi connectivity index (χ2v) is 3.30. The molecule has 0 spiro atoms. The molecule has 0 radical (unpaired) electrons. The minimum atomic E-state index is -1.05. The van der Waals surface area contributed by atoms with E-state index >= 15 is 0 Å². The maximum absolute atomic E-state index is 9.53. The van der Waals surface area contributed by atoms with E-state index < -0.39 is 24.6 Å². The summed E-state index contributed by atoms with van der Waals surface area (Å²) in [6.07, 6.45) is -3.31. The normalized spacial score (nSPS) is 46.4. The molecule has 78 valence electrons. The first-order valence-corrected chi connectivity index (χ1v) is 4.27. The summed E-state index contributed by atoms with van der Waals surface area (Å²) in [6, 6.07) is 0. The Morgan fingerprint density at radius 2 is 1.92 bits per heavy atom. The Kier molecular flexibility index (Phi) is 3.63. The van der Waals surface area contributed by atoms with E-state index in [0.717, 1.165) is 0 Å². The lowest BCUT2D eigenvalue weighted by Crippen LogP contribution is -2.55. The third kappa shape index (κ3) is 2.00. The molecule has 1 aliphatic heterocycles. The van der Waals surface area contributed by atoms with Crippen molar-refractivity contribution in [2.75, 3.05) is 13.7 Å². The van der Waals surface area contributed by atoms with Crippen LogP contribution in [0.15, 0.2) is 0 Å². The lowest BCUT2D eigenvalue weighted by atomic mass is 9.93. The van der Waals surface area contributed by atoms with Crippen LogP contribution in [0, 0.1) is 5.92 Å². The lowest BCUT2D eigenvalue weighted by molar-refractivity contribution is -0.274. The average Bonchev–Trinajstić information content (AvgIpc) is 2.15. The molecule has 1 aliphatic rings. The van der Waals surface area contributed by atoms with E-state index in [1.165, 1.54) is 7.11 Å². The van der Waals surface area contributed by atoms with Crippen LogP contribution in [-0.2, 0) is 9.47 Å². The fourth-order valence-corrected chi connectivity index (χ4v) is 1.49. The van der Waals surface area contributed by atoms with Gasteiger partial charge in [0, 0.05) is 13.0 Å². The van der Waals surface area contributed by atoms with Crippen molar-refractivity contribution in [3.05, 3.63) is 0 Å². The summed E-state index contributed by atoms with van der Waals surface area (Å²) < 4.78 is 10.1. The van der Waals surface area contributed by atoms with Gasteiger partial charge >= 0.3 is 0 Å². The predicted octanol–water partition coefficient (Wildman–Crippen LogP) is -1.29. The second-order valence-electron chi connectivity index (χ2n) is 3.30. The van der Waals surface area contributed by atoms with Crippen LogP contribution < -0.4 is 0 Å². The van der Waals surface area contributed by atoms with E-state index in [-0.39, 0.29) is 12.5 Å². The van der Waals surface area contributed by atoms with Crippen LogP contribution >= 0.6 is 0 Å². The Morgan fingerprint density at radius 1 is 1.31 bits per heavy atom. The Hall–Kier alpha value is -0.200. The highest BCUT2D eigenvalue weighted by molar-refractivity contribution is 4.86. The molecule has 0 aliphatic carbocycles. The van der Waals surface area contributed by atoms with Gasteiger partial charge in [-0.3, -0.25) is 0 Å². The minimum absolute atomic E-state index is 0.303.